The van der Waals surface area contributed by atoms with Crippen molar-refractivity contribution in [2.24, 2.45) is 0 Å². The van der Waals surface area contributed by atoms with Crippen LogP contribution in [0.25, 0.3) is 5.69 Å². The molecule has 0 spiro atoms. The number of nitrogens with zero attached hydrogens (tertiary/aromatic N) is 3. The summed E-state index contributed by atoms with van der Waals surface area (Å²) in [5.74, 6) is -0.310. The predicted molar refractivity (Wildman–Crippen MR) is 113 cm³/mol. The number of carbonyl (C=O) groups excluding carboxylic acids is 1. The van der Waals surface area contributed by atoms with Crippen LogP contribution in [0.1, 0.15) is 59.4 Å². The van der Waals surface area contributed by atoms with Gasteiger partial charge in [0.1, 0.15) is 11.5 Å². The number of hydrogen-bond acceptors (Lipinski definition) is 3. The van der Waals surface area contributed by atoms with Gasteiger partial charge in [0.05, 0.1) is 0 Å². The molecule has 156 valence electrons. The number of carbonyl (C=O) groups is 1. The Morgan fingerprint density at radius 1 is 1.24 bits per heavy atom. The molecule has 2 bridgehead atoms. The zero-order valence-corrected chi connectivity index (χ0v) is 17.8. The molecule has 3 heterocycles. The highest BCUT2D eigenvalue weighted by molar-refractivity contribution is 5.94. The molecular weight excluding hydrogens is 391 g/mol. The van der Waals surface area contributed by atoms with Crippen molar-refractivity contribution in [1.29, 1.82) is 0 Å². The third kappa shape index (κ3) is 3.46. The third-order valence-corrected chi connectivity index (χ3v) is 6.78. The minimum absolute atomic E-state index is 0. The van der Waals surface area contributed by atoms with Crippen LogP contribution in [-0.4, -0.2) is 45.8 Å². The number of fused-ring (bicyclic) bond motifs is 3. The van der Waals surface area contributed by atoms with Crippen LogP contribution in [0.3, 0.4) is 0 Å². The Morgan fingerprint density at radius 2 is 1.97 bits per heavy atom. The van der Waals surface area contributed by atoms with Gasteiger partial charge >= 0.3 is 0 Å². The molecule has 1 aromatic carbocycles. The highest BCUT2D eigenvalue weighted by Gasteiger charge is 2.38. The largest absolute Gasteiger partial charge is 0.337 e. The summed E-state index contributed by atoms with van der Waals surface area (Å²) < 4.78 is 16.3. The van der Waals surface area contributed by atoms with Gasteiger partial charge < -0.3 is 10.2 Å². The first-order valence-corrected chi connectivity index (χ1v) is 10.4. The van der Waals surface area contributed by atoms with Gasteiger partial charge in [-0.3, -0.25) is 4.79 Å². The molecule has 1 N–H and O–H groups in total. The number of nitrogens with one attached hydrogen (secondary N) is 1. The SMILES string of the molecule is Cc1ccc(-n2nc(C(=O)N(C)C3CC4CCC(C3)N4)c3c2CCC3)c(F)c1.Cl. The molecule has 2 aliphatic heterocycles. The van der Waals surface area contributed by atoms with E-state index < -0.39 is 0 Å². The highest BCUT2D eigenvalue weighted by Crippen LogP contribution is 2.32. The van der Waals surface area contributed by atoms with Gasteiger partial charge in [0, 0.05) is 36.4 Å². The van der Waals surface area contributed by atoms with Crippen molar-refractivity contribution >= 4 is 18.3 Å². The molecule has 0 radical (unpaired) electrons. The smallest absolute Gasteiger partial charge is 0.274 e. The topological polar surface area (TPSA) is 50.2 Å². The van der Waals surface area contributed by atoms with E-state index in [-0.39, 0.29) is 30.2 Å². The fourth-order valence-corrected chi connectivity index (χ4v) is 5.27. The summed E-state index contributed by atoms with van der Waals surface area (Å²) >= 11 is 0. The lowest BCUT2D eigenvalue weighted by molar-refractivity contribution is 0.0674. The second-order valence-electron chi connectivity index (χ2n) is 8.67. The second kappa shape index (κ2) is 7.73. The van der Waals surface area contributed by atoms with Crippen LogP contribution in [0.4, 0.5) is 4.39 Å². The number of benzene rings is 1. The molecular formula is C22H28ClFN4O. The molecule has 7 heteroatoms. The van der Waals surface area contributed by atoms with Gasteiger partial charge in [-0.25, -0.2) is 9.07 Å². The third-order valence-electron chi connectivity index (χ3n) is 6.78. The maximum absolute atomic E-state index is 14.6. The molecule has 2 saturated heterocycles. The first-order chi connectivity index (χ1) is 13.5. The molecule has 5 nitrogen and oxygen atoms in total. The quantitative estimate of drug-likeness (QED) is 0.828. The van der Waals surface area contributed by atoms with Crippen molar-refractivity contribution in [1.82, 2.24) is 20.0 Å². The van der Waals surface area contributed by atoms with Crippen LogP contribution in [0, 0.1) is 12.7 Å². The van der Waals surface area contributed by atoms with E-state index in [2.05, 4.69) is 10.4 Å². The summed E-state index contributed by atoms with van der Waals surface area (Å²) in [5, 5.41) is 8.26. The number of aromatic nitrogens is 2. The van der Waals surface area contributed by atoms with E-state index in [4.69, 9.17) is 0 Å². The Labute approximate surface area is 177 Å². The summed E-state index contributed by atoms with van der Waals surface area (Å²) in [7, 11) is 1.91. The van der Waals surface area contributed by atoms with Crippen molar-refractivity contribution in [2.45, 2.75) is 70.0 Å². The van der Waals surface area contributed by atoms with Gasteiger partial charge in [0.15, 0.2) is 5.69 Å². The molecule has 5 rings (SSSR count). The average molecular weight is 419 g/mol. The molecule has 0 saturated carbocycles. The standard InChI is InChI=1S/C22H27FN4O.ClH/c1-13-6-9-20(18(23)10-13)27-19-5-3-4-17(19)21(25-27)22(28)26(2)16-11-14-7-8-15(12-16)24-14;/h6,9-10,14-16,24H,3-5,7-8,11-12H2,1-2H3;1H. The van der Waals surface area contributed by atoms with E-state index in [1.807, 2.05) is 24.9 Å². The van der Waals surface area contributed by atoms with Crippen LogP contribution < -0.4 is 5.32 Å². The van der Waals surface area contributed by atoms with E-state index in [9.17, 15) is 9.18 Å². The molecule has 2 aromatic rings. The molecule has 1 amide bonds. The van der Waals surface area contributed by atoms with Gasteiger partial charge in [-0.1, -0.05) is 6.07 Å². The Hall–Kier alpha value is -1.92. The fourth-order valence-electron chi connectivity index (χ4n) is 5.27. The maximum atomic E-state index is 14.6. The maximum Gasteiger partial charge on any atom is 0.274 e. The van der Waals surface area contributed by atoms with Crippen LogP contribution >= 0.6 is 12.4 Å². The molecule has 2 fully saturated rings. The monoisotopic (exact) mass is 418 g/mol. The number of halogens is 2. The van der Waals surface area contributed by atoms with Crippen LogP contribution in [0.15, 0.2) is 18.2 Å². The van der Waals surface area contributed by atoms with Crippen LogP contribution in [0.5, 0.6) is 0 Å². The Kier molecular flexibility index (Phi) is 5.42. The van der Waals surface area contributed by atoms with Gasteiger partial charge in [-0.15, -0.1) is 12.4 Å². The lowest BCUT2D eigenvalue weighted by Gasteiger charge is -2.35. The van der Waals surface area contributed by atoms with Gasteiger partial charge in [0.25, 0.3) is 5.91 Å². The summed E-state index contributed by atoms with van der Waals surface area (Å²) in [5.41, 5.74) is 3.83. The molecule has 2 atom stereocenters. The molecule has 29 heavy (non-hydrogen) atoms. The van der Waals surface area contributed by atoms with E-state index in [0.29, 0.717) is 23.5 Å². The number of amides is 1. The Bertz CT molecular complexity index is 931. The minimum Gasteiger partial charge on any atom is -0.337 e. The van der Waals surface area contributed by atoms with Crippen molar-refractivity contribution < 1.29 is 9.18 Å². The summed E-state index contributed by atoms with van der Waals surface area (Å²) in [6.45, 7) is 1.87. The van der Waals surface area contributed by atoms with Crippen molar-refractivity contribution in [3.63, 3.8) is 0 Å². The number of aryl methyl sites for hydroxylation is 1. The lowest BCUT2D eigenvalue weighted by Crippen LogP contribution is -2.48. The van der Waals surface area contributed by atoms with E-state index in [0.717, 1.165) is 48.9 Å². The van der Waals surface area contributed by atoms with Crippen molar-refractivity contribution in [3.8, 4) is 5.69 Å². The zero-order valence-electron chi connectivity index (χ0n) is 16.9. The zero-order chi connectivity index (χ0) is 19.4. The van der Waals surface area contributed by atoms with Crippen LogP contribution in [0.2, 0.25) is 0 Å². The molecule has 2 unspecified atom stereocenters. The summed E-state index contributed by atoms with van der Waals surface area (Å²) in [4.78, 5) is 15.2. The Balaban J connectivity index is 0.00000205. The number of rotatable bonds is 3. The predicted octanol–water partition coefficient (Wildman–Crippen LogP) is 3.59. The molecule has 1 aliphatic carbocycles. The van der Waals surface area contributed by atoms with Gasteiger partial charge in [-0.05, 0) is 69.6 Å². The van der Waals surface area contributed by atoms with E-state index >= 15 is 0 Å². The van der Waals surface area contributed by atoms with E-state index in [1.54, 1.807) is 10.7 Å². The second-order valence-corrected chi connectivity index (χ2v) is 8.67. The summed E-state index contributed by atoms with van der Waals surface area (Å²) in [6, 6.07) is 6.49. The first-order valence-electron chi connectivity index (χ1n) is 10.4. The molecule has 3 aliphatic rings. The first kappa shape index (κ1) is 20.4. The van der Waals surface area contributed by atoms with Crippen molar-refractivity contribution in [2.75, 3.05) is 7.05 Å². The lowest BCUT2D eigenvalue weighted by atomic mass is 9.98. The highest BCUT2D eigenvalue weighted by atomic mass is 35.5. The fraction of sp³-hybridized carbons (Fsp3) is 0.545. The average Bonchev–Trinajstić information content (AvgIpc) is 3.36. The normalized spacial score (nSPS) is 24.9. The van der Waals surface area contributed by atoms with E-state index in [1.165, 1.54) is 18.9 Å². The van der Waals surface area contributed by atoms with Crippen molar-refractivity contribution in [3.05, 3.63) is 46.5 Å². The molecule has 1 aromatic heterocycles. The Morgan fingerprint density at radius 3 is 2.66 bits per heavy atom. The van der Waals surface area contributed by atoms with Crippen LogP contribution in [-0.2, 0) is 12.8 Å². The number of hydrogen-bond donors (Lipinski definition) is 1. The van der Waals surface area contributed by atoms with Gasteiger partial charge in [0.2, 0.25) is 0 Å². The van der Waals surface area contributed by atoms with Gasteiger partial charge in [-0.2, -0.15) is 5.10 Å². The summed E-state index contributed by atoms with van der Waals surface area (Å²) in [6.07, 6.45) is 7.10. The number of piperidine rings is 1. The minimum atomic E-state index is -0.292.